The molecule has 0 N–H and O–H groups in total. The minimum atomic E-state index is -0.750. The van der Waals surface area contributed by atoms with Gasteiger partial charge in [0.15, 0.2) is 22.2 Å². The molecule has 3 heterocycles. The standard InChI is InChI=1S/C27H31N3O6S/c1-7-29(8-2)22-13-11-18(36-22)15-21-25(31)30-24(17-10-12-19(33-5)20(14-17)34-6)23(26(32)35-9-3)16(4)28-27(30)37-21/h10-15,24H,7-9H2,1-6H3/b21-15+/t24-/m1/s1. The summed E-state index contributed by atoms with van der Waals surface area (Å²) in [5.74, 6) is 1.81. The van der Waals surface area contributed by atoms with Crippen LogP contribution in [-0.2, 0) is 9.53 Å². The Bertz CT molecular complexity index is 1510. The fourth-order valence-electron chi connectivity index (χ4n) is 4.38. The van der Waals surface area contributed by atoms with Gasteiger partial charge in [-0.2, -0.15) is 0 Å². The summed E-state index contributed by atoms with van der Waals surface area (Å²) in [5.41, 5.74) is 1.19. The number of aromatic nitrogens is 1. The van der Waals surface area contributed by atoms with Crippen LogP contribution in [0.25, 0.3) is 6.08 Å². The van der Waals surface area contributed by atoms with Crippen molar-refractivity contribution in [1.29, 1.82) is 0 Å². The fraction of sp³-hybridized carbons (Fsp3) is 0.370. The highest BCUT2D eigenvalue weighted by Crippen LogP contribution is 2.36. The van der Waals surface area contributed by atoms with E-state index in [0.717, 1.165) is 19.0 Å². The predicted octanol–water partition coefficient (Wildman–Crippen LogP) is 3.25. The molecule has 0 spiro atoms. The molecule has 2 aromatic heterocycles. The Balaban J connectivity index is 1.90. The van der Waals surface area contributed by atoms with Gasteiger partial charge in [-0.15, -0.1) is 0 Å². The Morgan fingerprint density at radius 3 is 2.51 bits per heavy atom. The maximum atomic E-state index is 13.8. The van der Waals surface area contributed by atoms with Gasteiger partial charge in [-0.25, -0.2) is 9.79 Å². The van der Waals surface area contributed by atoms with Crippen molar-refractivity contribution >= 4 is 29.3 Å². The maximum Gasteiger partial charge on any atom is 0.338 e. The van der Waals surface area contributed by atoms with Gasteiger partial charge in [0.1, 0.15) is 5.76 Å². The third kappa shape index (κ3) is 4.93. The number of fused-ring (bicyclic) bond motifs is 1. The van der Waals surface area contributed by atoms with E-state index >= 15 is 0 Å². The number of anilines is 1. The molecule has 0 aliphatic carbocycles. The first-order chi connectivity index (χ1) is 17.9. The zero-order valence-electron chi connectivity index (χ0n) is 21.9. The minimum Gasteiger partial charge on any atom is -0.493 e. The van der Waals surface area contributed by atoms with Crippen molar-refractivity contribution in [3.05, 3.63) is 72.6 Å². The average molecular weight is 526 g/mol. The molecule has 0 bridgehead atoms. The number of benzene rings is 1. The van der Waals surface area contributed by atoms with Crippen LogP contribution in [0.3, 0.4) is 0 Å². The topological polar surface area (TPSA) is 95.5 Å². The molecule has 37 heavy (non-hydrogen) atoms. The first-order valence-electron chi connectivity index (χ1n) is 12.1. The highest BCUT2D eigenvalue weighted by Gasteiger charge is 2.34. The Labute approximate surface area is 218 Å². The molecule has 0 saturated heterocycles. The third-order valence-corrected chi connectivity index (χ3v) is 7.18. The highest BCUT2D eigenvalue weighted by atomic mass is 32.1. The van der Waals surface area contributed by atoms with E-state index in [0.29, 0.717) is 43.4 Å². The third-order valence-electron chi connectivity index (χ3n) is 6.20. The molecule has 1 aliphatic rings. The number of hydrogen-bond donors (Lipinski definition) is 0. The van der Waals surface area contributed by atoms with Crippen LogP contribution in [0.1, 0.15) is 45.1 Å². The Hall–Kier alpha value is -3.79. The molecule has 4 rings (SSSR count). The van der Waals surface area contributed by atoms with Crippen LogP contribution < -0.4 is 29.3 Å². The summed E-state index contributed by atoms with van der Waals surface area (Å²) in [5, 5.41) is 0. The largest absolute Gasteiger partial charge is 0.493 e. The van der Waals surface area contributed by atoms with Gasteiger partial charge in [-0.1, -0.05) is 17.4 Å². The lowest BCUT2D eigenvalue weighted by atomic mass is 9.95. The van der Waals surface area contributed by atoms with Gasteiger partial charge in [0.2, 0.25) is 0 Å². The molecule has 196 valence electrons. The molecule has 1 aliphatic heterocycles. The molecular formula is C27H31N3O6S. The van der Waals surface area contributed by atoms with E-state index in [1.807, 2.05) is 18.2 Å². The van der Waals surface area contributed by atoms with Crippen LogP contribution >= 0.6 is 11.3 Å². The summed E-state index contributed by atoms with van der Waals surface area (Å²) in [7, 11) is 3.09. The maximum absolute atomic E-state index is 13.8. The van der Waals surface area contributed by atoms with Crippen LogP contribution in [0, 0.1) is 0 Å². The predicted molar refractivity (Wildman–Crippen MR) is 142 cm³/mol. The van der Waals surface area contributed by atoms with Crippen molar-refractivity contribution in [2.24, 2.45) is 4.99 Å². The van der Waals surface area contributed by atoms with Gasteiger partial charge >= 0.3 is 5.97 Å². The molecular weight excluding hydrogens is 494 g/mol. The molecule has 0 fully saturated rings. The molecule has 0 amide bonds. The number of thiazole rings is 1. The zero-order valence-corrected chi connectivity index (χ0v) is 22.7. The van der Waals surface area contributed by atoms with E-state index in [1.54, 1.807) is 39.2 Å². The summed E-state index contributed by atoms with van der Waals surface area (Å²) >= 11 is 1.25. The molecule has 0 saturated carbocycles. The van der Waals surface area contributed by atoms with Crippen molar-refractivity contribution in [2.45, 2.75) is 33.7 Å². The molecule has 0 radical (unpaired) electrons. The second kappa shape index (κ2) is 11.1. The SMILES string of the molecule is CCOC(=O)C1=C(C)N=c2s/c(=C/c3ccc(N(CC)CC)o3)c(=O)n2[C@@H]1c1ccc(OC)c(OC)c1. The van der Waals surface area contributed by atoms with E-state index in [9.17, 15) is 9.59 Å². The fourth-order valence-corrected chi connectivity index (χ4v) is 5.41. The average Bonchev–Trinajstić information content (AvgIpc) is 3.47. The first-order valence-corrected chi connectivity index (χ1v) is 12.9. The summed E-state index contributed by atoms with van der Waals surface area (Å²) in [6, 6.07) is 8.31. The smallest absolute Gasteiger partial charge is 0.338 e. The van der Waals surface area contributed by atoms with Gasteiger partial charge in [0.05, 0.1) is 42.7 Å². The summed E-state index contributed by atoms with van der Waals surface area (Å²) in [4.78, 5) is 34.0. The summed E-state index contributed by atoms with van der Waals surface area (Å²) in [6.45, 7) is 9.43. The summed E-state index contributed by atoms with van der Waals surface area (Å²) < 4.78 is 24.2. The van der Waals surface area contributed by atoms with E-state index in [-0.39, 0.29) is 12.2 Å². The second-order valence-corrected chi connectivity index (χ2v) is 9.27. The molecule has 0 unspecified atom stereocenters. The number of carbonyl (C=O) groups is 1. The monoisotopic (exact) mass is 525 g/mol. The van der Waals surface area contributed by atoms with E-state index in [1.165, 1.54) is 23.0 Å². The number of methoxy groups -OCH3 is 2. The first kappa shape index (κ1) is 26.3. The summed E-state index contributed by atoms with van der Waals surface area (Å²) in [6.07, 6.45) is 1.71. The van der Waals surface area contributed by atoms with Gasteiger partial charge in [-0.3, -0.25) is 9.36 Å². The van der Waals surface area contributed by atoms with Crippen molar-refractivity contribution in [2.75, 3.05) is 38.8 Å². The number of carbonyl (C=O) groups excluding carboxylic acids is 1. The van der Waals surface area contributed by atoms with Crippen molar-refractivity contribution in [3.8, 4) is 11.5 Å². The van der Waals surface area contributed by atoms with E-state index < -0.39 is 12.0 Å². The van der Waals surface area contributed by atoms with Crippen molar-refractivity contribution in [3.63, 3.8) is 0 Å². The van der Waals surface area contributed by atoms with Crippen molar-refractivity contribution < 1.29 is 23.4 Å². The van der Waals surface area contributed by atoms with Gasteiger partial charge in [0.25, 0.3) is 5.56 Å². The molecule has 1 aromatic carbocycles. The van der Waals surface area contributed by atoms with Crippen LogP contribution in [0.15, 0.2) is 55.8 Å². The molecule has 10 heteroatoms. The zero-order chi connectivity index (χ0) is 26.7. The normalized spacial score (nSPS) is 15.3. The number of hydrogen-bond acceptors (Lipinski definition) is 9. The lowest BCUT2D eigenvalue weighted by Crippen LogP contribution is -2.39. The van der Waals surface area contributed by atoms with Gasteiger partial charge < -0.3 is 23.5 Å². The number of ether oxygens (including phenoxy) is 3. The Morgan fingerprint density at radius 1 is 1.14 bits per heavy atom. The van der Waals surface area contributed by atoms with Crippen LogP contribution in [0.5, 0.6) is 11.5 Å². The number of esters is 1. The number of rotatable bonds is 9. The van der Waals surface area contributed by atoms with Crippen molar-refractivity contribution in [1.82, 2.24) is 4.57 Å². The van der Waals surface area contributed by atoms with Crippen LogP contribution in [0.2, 0.25) is 0 Å². The van der Waals surface area contributed by atoms with E-state index in [4.69, 9.17) is 18.6 Å². The quantitative estimate of drug-likeness (QED) is 0.396. The highest BCUT2D eigenvalue weighted by molar-refractivity contribution is 7.07. The lowest BCUT2D eigenvalue weighted by Gasteiger charge is -2.25. The van der Waals surface area contributed by atoms with Gasteiger partial charge in [-0.05, 0) is 51.5 Å². The minimum absolute atomic E-state index is 0.200. The van der Waals surface area contributed by atoms with Gasteiger partial charge in [0, 0.05) is 25.2 Å². The molecule has 1 atom stereocenters. The second-order valence-electron chi connectivity index (χ2n) is 8.26. The Morgan fingerprint density at radius 2 is 1.86 bits per heavy atom. The lowest BCUT2D eigenvalue weighted by molar-refractivity contribution is -0.139. The van der Waals surface area contributed by atoms with Crippen LogP contribution in [0.4, 0.5) is 5.88 Å². The van der Waals surface area contributed by atoms with E-state index in [2.05, 4.69) is 23.7 Å². The number of furan rings is 1. The Kier molecular flexibility index (Phi) is 7.87. The number of allylic oxidation sites excluding steroid dienone is 1. The van der Waals surface area contributed by atoms with Crippen LogP contribution in [-0.4, -0.2) is 44.5 Å². The number of nitrogens with zero attached hydrogens (tertiary/aromatic N) is 3. The molecule has 9 nitrogen and oxygen atoms in total. The molecule has 3 aromatic rings.